The van der Waals surface area contributed by atoms with Gasteiger partial charge in [0.1, 0.15) is 0 Å². The average molecular weight is 371 g/mol. The van der Waals surface area contributed by atoms with E-state index in [0.717, 1.165) is 25.8 Å². The zero-order chi connectivity index (χ0) is 19.0. The molecule has 1 aromatic carbocycles. The molecule has 0 N–H and O–H groups in total. The SMILES string of the molecule is CC(C)(C)Cc1nnc(C2CCCN(C(=O)c3ccc4c(c3)OCO4)C2)o1. The molecule has 1 amide bonds. The quantitative estimate of drug-likeness (QED) is 0.823. The van der Waals surface area contributed by atoms with E-state index >= 15 is 0 Å². The van der Waals surface area contributed by atoms with Crippen LogP contribution in [-0.4, -0.2) is 40.9 Å². The molecular formula is C20H25N3O4. The summed E-state index contributed by atoms with van der Waals surface area (Å²) in [7, 11) is 0. The third-order valence-electron chi connectivity index (χ3n) is 4.84. The first-order chi connectivity index (χ1) is 12.9. The summed E-state index contributed by atoms with van der Waals surface area (Å²) in [5.74, 6) is 2.68. The van der Waals surface area contributed by atoms with Gasteiger partial charge in [-0.25, -0.2) is 0 Å². The number of likely N-dealkylation sites (tertiary alicyclic amines) is 1. The normalized spacial score (nSPS) is 19.4. The monoisotopic (exact) mass is 371 g/mol. The largest absolute Gasteiger partial charge is 0.454 e. The van der Waals surface area contributed by atoms with Crippen LogP contribution in [0.3, 0.4) is 0 Å². The predicted molar refractivity (Wildman–Crippen MR) is 97.9 cm³/mol. The van der Waals surface area contributed by atoms with Crippen molar-refractivity contribution in [3.8, 4) is 11.5 Å². The molecule has 0 spiro atoms. The van der Waals surface area contributed by atoms with Crippen LogP contribution in [0.4, 0.5) is 0 Å². The Bertz CT molecular complexity index is 840. The number of carbonyl (C=O) groups excluding carboxylic acids is 1. The summed E-state index contributed by atoms with van der Waals surface area (Å²) < 4.78 is 16.6. The third kappa shape index (κ3) is 3.91. The summed E-state index contributed by atoms with van der Waals surface area (Å²) in [6.07, 6.45) is 2.60. The first kappa shape index (κ1) is 17.8. The summed E-state index contributed by atoms with van der Waals surface area (Å²) in [5, 5.41) is 8.44. The molecule has 1 unspecified atom stereocenters. The standard InChI is InChI=1S/C20H25N3O4/c1-20(2,3)10-17-21-22-18(27-17)14-5-4-8-23(11-14)19(24)13-6-7-15-16(9-13)26-12-25-15/h6-7,9,14H,4-5,8,10-12H2,1-3H3. The van der Waals surface area contributed by atoms with Gasteiger partial charge >= 0.3 is 0 Å². The van der Waals surface area contributed by atoms with Gasteiger partial charge in [-0.3, -0.25) is 4.79 Å². The number of ether oxygens (including phenoxy) is 2. The lowest BCUT2D eigenvalue weighted by Gasteiger charge is -2.31. The highest BCUT2D eigenvalue weighted by atomic mass is 16.7. The number of piperidine rings is 1. The first-order valence-electron chi connectivity index (χ1n) is 9.40. The molecule has 0 radical (unpaired) electrons. The molecule has 2 aliphatic rings. The van der Waals surface area contributed by atoms with Crippen molar-refractivity contribution in [2.75, 3.05) is 19.9 Å². The van der Waals surface area contributed by atoms with Crippen molar-refractivity contribution in [2.24, 2.45) is 5.41 Å². The van der Waals surface area contributed by atoms with Crippen LogP contribution in [0.1, 0.15) is 61.7 Å². The minimum atomic E-state index is -0.00701. The molecule has 27 heavy (non-hydrogen) atoms. The third-order valence-corrected chi connectivity index (χ3v) is 4.84. The maximum atomic E-state index is 12.9. The molecule has 1 fully saturated rings. The number of hydrogen-bond donors (Lipinski definition) is 0. The predicted octanol–water partition coefficient (Wildman–Crippen LogP) is 3.41. The Balaban J connectivity index is 1.46. The van der Waals surface area contributed by atoms with Crippen molar-refractivity contribution < 1.29 is 18.7 Å². The van der Waals surface area contributed by atoms with Crippen LogP contribution in [0.5, 0.6) is 11.5 Å². The minimum absolute atomic E-state index is 0.00701. The molecule has 0 bridgehead atoms. The van der Waals surface area contributed by atoms with Crippen molar-refractivity contribution >= 4 is 5.91 Å². The van der Waals surface area contributed by atoms with Crippen LogP contribution in [0.25, 0.3) is 0 Å². The van der Waals surface area contributed by atoms with Crippen molar-refractivity contribution in [2.45, 2.75) is 46.0 Å². The van der Waals surface area contributed by atoms with Gasteiger partial charge in [0.15, 0.2) is 11.5 Å². The molecule has 7 heteroatoms. The van der Waals surface area contributed by atoms with E-state index in [1.807, 2.05) is 4.90 Å². The lowest BCUT2D eigenvalue weighted by atomic mass is 9.92. The number of fused-ring (bicyclic) bond motifs is 1. The Kier molecular flexibility index (Phi) is 4.53. The molecule has 7 nitrogen and oxygen atoms in total. The second kappa shape index (κ2) is 6.87. The van der Waals surface area contributed by atoms with Crippen LogP contribution in [-0.2, 0) is 6.42 Å². The van der Waals surface area contributed by atoms with Crippen LogP contribution in [0.2, 0.25) is 0 Å². The van der Waals surface area contributed by atoms with Gasteiger partial charge in [-0.15, -0.1) is 10.2 Å². The number of carbonyl (C=O) groups is 1. The lowest BCUT2D eigenvalue weighted by molar-refractivity contribution is 0.0697. The summed E-state index contributed by atoms with van der Waals surface area (Å²) in [6, 6.07) is 5.32. The Morgan fingerprint density at radius 2 is 2.04 bits per heavy atom. The van der Waals surface area contributed by atoms with E-state index in [1.54, 1.807) is 18.2 Å². The average Bonchev–Trinajstić information content (AvgIpc) is 3.28. The zero-order valence-corrected chi connectivity index (χ0v) is 16.0. The number of aromatic nitrogens is 2. The summed E-state index contributed by atoms with van der Waals surface area (Å²) >= 11 is 0. The molecular weight excluding hydrogens is 346 g/mol. The fourth-order valence-electron chi connectivity index (χ4n) is 3.53. The number of benzene rings is 1. The fraction of sp³-hybridized carbons (Fsp3) is 0.550. The molecule has 1 saturated heterocycles. The Morgan fingerprint density at radius 3 is 2.85 bits per heavy atom. The van der Waals surface area contributed by atoms with Gasteiger partial charge in [0.05, 0.1) is 5.92 Å². The smallest absolute Gasteiger partial charge is 0.254 e. The van der Waals surface area contributed by atoms with Crippen molar-refractivity contribution in [1.29, 1.82) is 0 Å². The Hall–Kier alpha value is -2.57. The van der Waals surface area contributed by atoms with Crippen LogP contribution < -0.4 is 9.47 Å². The lowest BCUT2D eigenvalue weighted by Crippen LogP contribution is -2.39. The Morgan fingerprint density at radius 1 is 1.22 bits per heavy atom. The van der Waals surface area contributed by atoms with E-state index in [2.05, 4.69) is 31.0 Å². The highest BCUT2D eigenvalue weighted by Crippen LogP contribution is 2.34. The Labute approximate surface area is 158 Å². The topological polar surface area (TPSA) is 77.7 Å². The minimum Gasteiger partial charge on any atom is -0.454 e. The second-order valence-corrected chi connectivity index (χ2v) is 8.43. The van der Waals surface area contributed by atoms with Crippen LogP contribution >= 0.6 is 0 Å². The van der Waals surface area contributed by atoms with Gasteiger partial charge in [0.25, 0.3) is 5.91 Å². The van der Waals surface area contributed by atoms with Gasteiger partial charge < -0.3 is 18.8 Å². The molecule has 1 atom stereocenters. The zero-order valence-electron chi connectivity index (χ0n) is 16.0. The summed E-state index contributed by atoms with van der Waals surface area (Å²) in [4.78, 5) is 14.8. The van der Waals surface area contributed by atoms with E-state index in [1.165, 1.54) is 0 Å². The number of amides is 1. The molecule has 1 aromatic heterocycles. The van der Waals surface area contributed by atoms with E-state index in [9.17, 15) is 4.79 Å². The van der Waals surface area contributed by atoms with Gasteiger partial charge in [0.2, 0.25) is 18.6 Å². The molecule has 2 aromatic rings. The molecule has 2 aliphatic heterocycles. The van der Waals surface area contributed by atoms with Gasteiger partial charge in [0, 0.05) is 25.1 Å². The van der Waals surface area contributed by atoms with Gasteiger partial charge in [-0.05, 0) is 36.5 Å². The maximum absolute atomic E-state index is 12.9. The van der Waals surface area contributed by atoms with Crippen LogP contribution in [0.15, 0.2) is 22.6 Å². The summed E-state index contributed by atoms with van der Waals surface area (Å²) in [5.41, 5.74) is 0.705. The van der Waals surface area contributed by atoms with E-state index in [-0.39, 0.29) is 24.0 Å². The molecule has 3 heterocycles. The van der Waals surface area contributed by atoms with Crippen LogP contribution in [0, 0.1) is 5.41 Å². The van der Waals surface area contributed by atoms with Crippen molar-refractivity contribution in [3.63, 3.8) is 0 Å². The number of nitrogens with zero attached hydrogens (tertiary/aromatic N) is 3. The number of hydrogen-bond acceptors (Lipinski definition) is 6. The van der Waals surface area contributed by atoms with E-state index < -0.39 is 0 Å². The first-order valence-corrected chi connectivity index (χ1v) is 9.40. The highest BCUT2D eigenvalue weighted by molar-refractivity contribution is 5.95. The van der Waals surface area contributed by atoms with Gasteiger partial charge in [-0.2, -0.15) is 0 Å². The molecule has 144 valence electrons. The fourth-order valence-corrected chi connectivity index (χ4v) is 3.53. The highest BCUT2D eigenvalue weighted by Gasteiger charge is 2.30. The van der Waals surface area contributed by atoms with E-state index in [0.29, 0.717) is 35.4 Å². The molecule has 0 saturated carbocycles. The van der Waals surface area contributed by atoms with Gasteiger partial charge in [-0.1, -0.05) is 20.8 Å². The van der Waals surface area contributed by atoms with Crippen molar-refractivity contribution in [1.82, 2.24) is 15.1 Å². The molecule has 4 rings (SSSR count). The van der Waals surface area contributed by atoms with Crippen molar-refractivity contribution in [3.05, 3.63) is 35.5 Å². The summed E-state index contributed by atoms with van der Waals surface area (Å²) in [6.45, 7) is 7.94. The molecule has 0 aliphatic carbocycles. The second-order valence-electron chi connectivity index (χ2n) is 8.43. The maximum Gasteiger partial charge on any atom is 0.254 e. The number of rotatable bonds is 3. The van der Waals surface area contributed by atoms with E-state index in [4.69, 9.17) is 13.9 Å².